The van der Waals surface area contributed by atoms with Crippen LogP contribution in [0.5, 0.6) is 0 Å². The van der Waals surface area contributed by atoms with Gasteiger partial charge in [-0.05, 0) is 39.8 Å². The maximum atomic E-state index is 5.84. The Morgan fingerprint density at radius 1 is 1.13 bits per heavy atom. The second-order valence-corrected chi connectivity index (χ2v) is 6.67. The smallest absolute Gasteiger partial charge is 0.163 e. The van der Waals surface area contributed by atoms with E-state index in [1.165, 1.54) is 0 Å². The molecular weight excluding hydrogens is 292 g/mol. The summed E-state index contributed by atoms with van der Waals surface area (Å²) < 4.78 is 7.93. The van der Waals surface area contributed by atoms with Crippen molar-refractivity contribution < 1.29 is 4.74 Å². The van der Waals surface area contributed by atoms with E-state index in [0.29, 0.717) is 6.04 Å². The van der Waals surface area contributed by atoms with E-state index in [4.69, 9.17) is 4.74 Å². The van der Waals surface area contributed by atoms with Gasteiger partial charge in [0.2, 0.25) is 0 Å². The van der Waals surface area contributed by atoms with Gasteiger partial charge in [-0.2, -0.15) is 5.10 Å². The quantitative estimate of drug-likeness (QED) is 0.902. The molecule has 0 aliphatic carbocycles. The topological polar surface area (TPSA) is 68.1 Å². The first-order valence-corrected chi connectivity index (χ1v) is 8.51. The lowest BCUT2D eigenvalue weighted by Gasteiger charge is -2.36. The van der Waals surface area contributed by atoms with Gasteiger partial charge in [0, 0.05) is 13.1 Å². The second-order valence-electron chi connectivity index (χ2n) is 6.67. The third-order valence-corrected chi connectivity index (χ3v) is 4.74. The van der Waals surface area contributed by atoms with Gasteiger partial charge in [-0.25, -0.2) is 14.6 Å². The van der Waals surface area contributed by atoms with E-state index in [1.54, 1.807) is 6.33 Å². The Morgan fingerprint density at radius 2 is 1.87 bits per heavy atom. The molecule has 23 heavy (non-hydrogen) atoms. The summed E-state index contributed by atoms with van der Waals surface area (Å²) in [6.45, 7) is 8.02. The Kier molecular flexibility index (Phi) is 3.90. The van der Waals surface area contributed by atoms with Gasteiger partial charge in [0.15, 0.2) is 5.65 Å². The zero-order chi connectivity index (χ0) is 15.8. The number of hydrogen-bond acceptors (Lipinski definition) is 6. The Bertz CT molecular complexity index is 670. The molecule has 4 heterocycles. The van der Waals surface area contributed by atoms with Crippen molar-refractivity contribution in [2.45, 2.75) is 44.9 Å². The third kappa shape index (κ3) is 2.79. The van der Waals surface area contributed by atoms with Crippen LogP contribution in [0.2, 0.25) is 0 Å². The van der Waals surface area contributed by atoms with Gasteiger partial charge in [-0.1, -0.05) is 0 Å². The van der Waals surface area contributed by atoms with Crippen LogP contribution < -0.4 is 10.2 Å². The number of rotatable bonds is 2. The molecular formula is C16H24N6O. The van der Waals surface area contributed by atoms with Crippen molar-refractivity contribution in [1.82, 2.24) is 25.1 Å². The first-order chi connectivity index (χ1) is 11.2. The average molecular weight is 316 g/mol. The molecule has 4 rings (SSSR count). The van der Waals surface area contributed by atoms with E-state index in [-0.39, 0.29) is 12.2 Å². The van der Waals surface area contributed by atoms with Crippen LogP contribution in [-0.2, 0) is 4.74 Å². The van der Waals surface area contributed by atoms with E-state index in [9.17, 15) is 0 Å². The molecule has 2 aromatic heterocycles. The molecule has 2 atom stereocenters. The minimum Gasteiger partial charge on any atom is -0.372 e. The van der Waals surface area contributed by atoms with Crippen LogP contribution in [0.1, 0.15) is 32.7 Å². The molecule has 1 N–H and O–H groups in total. The normalized spacial score (nSPS) is 26.8. The van der Waals surface area contributed by atoms with Crippen molar-refractivity contribution in [3.63, 3.8) is 0 Å². The van der Waals surface area contributed by atoms with Crippen LogP contribution in [0.25, 0.3) is 11.0 Å². The van der Waals surface area contributed by atoms with E-state index >= 15 is 0 Å². The Labute approximate surface area is 136 Å². The number of fused-ring (bicyclic) bond motifs is 1. The molecule has 124 valence electrons. The van der Waals surface area contributed by atoms with Gasteiger partial charge in [-0.15, -0.1) is 0 Å². The van der Waals surface area contributed by atoms with Gasteiger partial charge in [0.1, 0.15) is 12.1 Å². The lowest BCUT2D eigenvalue weighted by Crippen LogP contribution is -2.45. The number of nitrogens with zero attached hydrogens (tertiary/aromatic N) is 5. The van der Waals surface area contributed by atoms with Crippen molar-refractivity contribution in [2.24, 2.45) is 0 Å². The summed E-state index contributed by atoms with van der Waals surface area (Å²) in [7, 11) is 0. The molecule has 0 aromatic carbocycles. The summed E-state index contributed by atoms with van der Waals surface area (Å²) in [6.07, 6.45) is 6.22. The summed E-state index contributed by atoms with van der Waals surface area (Å²) in [5.74, 6) is 0.984. The fourth-order valence-corrected chi connectivity index (χ4v) is 3.77. The first-order valence-electron chi connectivity index (χ1n) is 8.51. The lowest BCUT2D eigenvalue weighted by atomic mass is 10.1. The number of morpholine rings is 1. The highest BCUT2D eigenvalue weighted by Crippen LogP contribution is 2.28. The zero-order valence-electron chi connectivity index (χ0n) is 13.8. The summed E-state index contributed by atoms with van der Waals surface area (Å²) in [4.78, 5) is 11.4. The van der Waals surface area contributed by atoms with E-state index in [2.05, 4.69) is 43.8 Å². The van der Waals surface area contributed by atoms with Gasteiger partial charge in [-0.3, -0.25) is 0 Å². The number of ether oxygens (including phenoxy) is 1. The molecule has 2 saturated heterocycles. The molecule has 2 fully saturated rings. The number of nitrogens with one attached hydrogen (secondary N) is 1. The molecule has 7 nitrogen and oxygen atoms in total. The van der Waals surface area contributed by atoms with E-state index < -0.39 is 0 Å². The molecule has 2 aliphatic rings. The van der Waals surface area contributed by atoms with E-state index in [1.807, 2.05) is 6.20 Å². The molecule has 2 aromatic rings. The van der Waals surface area contributed by atoms with Crippen LogP contribution in [0.15, 0.2) is 12.5 Å². The number of aromatic nitrogens is 4. The first kappa shape index (κ1) is 14.8. The van der Waals surface area contributed by atoms with Gasteiger partial charge < -0.3 is 15.0 Å². The largest absolute Gasteiger partial charge is 0.372 e. The van der Waals surface area contributed by atoms with Crippen LogP contribution >= 0.6 is 0 Å². The predicted octanol–water partition coefficient (Wildman–Crippen LogP) is 1.36. The SMILES string of the molecule is C[C@H]1CN(c2ncnc3c2cnn3C2CCNCC2)C[C@H](C)O1. The number of hydrogen-bond donors (Lipinski definition) is 1. The Hall–Kier alpha value is -1.73. The predicted molar refractivity (Wildman–Crippen MR) is 88.7 cm³/mol. The maximum absolute atomic E-state index is 5.84. The van der Waals surface area contributed by atoms with Crippen molar-refractivity contribution in [3.8, 4) is 0 Å². The Balaban J connectivity index is 1.70. The summed E-state index contributed by atoms with van der Waals surface area (Å²) in [6, 6.07) is 0.430. The number of piperidine rings is 1. The van der Waals surface area contributed by atoms with Crippen molar-refractivity contribution in [1.29, 1.82) is 0 Å². The lowest BCUT2D eigenvalue weighted by molar-refractivity contribution is -0.00537. The van der Waals surface area contributed by atoms with Crippen LogP contribution in [0.3, 0.4) is 0 Å². The Morgan fingerprint density at radius 3 is 2.61 bits per heavy atom. The molecule has 7 heteroatoms. The fourth-order valence-electron chi connectivity index (χ4n) is 3.77. The molecule has 0 saturated carbocycles. The fraction of sp³-hybridized carbons (Fsp3) is 0.688. The minimum absolute atomic E-state index is 0.211. The summed E-state index contributed by atoms with van der Waals surface area (Å²) >= 11 is 0. The minimum atomic E-state index is 0.211. The van der Waals surface area contributed by atoms with Crippen LogP contribution in [-0.4, -0.2) is 58.1 Å². The highest BCUT2D eigenvalue weighted by molar-refractivity contribution is 5.86. The van der Waals surface area contributed by atoms with Crippen molar-refractivity contribution in [2.75, 3.05) is 31.1 Å². The summed E-state index contributed by atoms with van der Waals surface area (Å²) in [5.41, 5.74) is 0.952. The molecule has 0 radical (unpaired) electrons. The van der Waals surface area contributed by atoms with Crippen molar-refractivity contribution >= 4 is 16.9 Å². The summed E-state index contributed by atoms with van der Waals surface area (Å²) in [5, 5.41) is 9.09. The zero-order valence-corrected chi connectivity index (χ0v) is 13.8. The number of anilines is 1. The highest BCUT2D eigenvalue weighted by atomic mass is 16.5. The third-order valence-electron chi connectivity index (χ3n) is 4.74. The van der Waals surface area contributed by atoms with Gasteiger partial charge >= 0.3 is 0 Å². The van der Waals surface area contributed by atoms with Gasteiger partial charge in [0.25, 0.3) is 0 Å². The van der Waals surface area contributed by atoms with Crippen molar-refractivity contribution in [3.05, 3.63) is 12.5 Å². The monoisotopic (exact) mass is 316 g/mol. The molecule has 2 aliphatic heterocycles. The molecule has 0 bridgehead atoms. The van der Waals surface area contributed by atoms with Gasteiger partial charge in [0.05, 0.1) is 29.8 Å². The standard InChI is InChI=1S/C16H24N6O/c1-11-8-21(9-12(2)23-11)15-14-7-20-22(16(14)19-10-18-15)13-3-5-17-6-4-13/h7,10-13,17H,3-6,8-9H2,1-2H3/t11-,12-/m0/s1. The molecule has 0 unspecified atom stereocenters. The maximum Gasteiger partial charge on any atom is 0.163 e. The molecule has 0 amide bonds. The second kappa shape index (κ2) is 6.05. The molecule has 0 spiro atoms. The average Bonchev–Trinajstić information content (AvgIpc) is 2.98. The van der Waals surface area contributed by atoms with E-state index in [0.717, 1.165) is 55.9 Å². The van der Waals surface area contributed by atoms with Crippen LogP contribution in [0.4, 0.5) is 5.82 Å². The highest BCUT2D eigenvalue weighted by Gasteiger charge is 2.26. The van der Waals surface area contributed by atoms with Crippen LogP contribution in [0, 0.1) is 0 Å².